The number of aliphatic hydroxyl groups excluding tert-OH is 1. The van der Waals surface area contributed by atoms with E-state index in [9.17, 15) is 9.90 Å². The van der Waals surface area contributed by atoms with E-state index in [4.69, 9.17) is 16.3 Å². The van der Waals surface area contributed by atoms with Gasteiger partial charge in [-0.1, -0.05) is 48.4 Å². The molecule has 1 N–H and O–H groups in total. The van der Waals surface area contributed by atoms with Gasteiger partial charge < -0.3 is 9.84 Å². The van der Waals surface area contributed by atoms with E-state index in [0.717, 1.165) is 37.9 Å². The summed E-state index contributed by atoms with van der Waals surface area (Å²) < 4.78 is 5.74. The molecule has 2 atom stereocenters. The molecule has 1 aliphatic heterocycles. The second-order valence-electron chi connectivity index (χ2n) is 7.46. The molecule has 0 saturated carbocycles. The lowest BCUT2D eigenvalue weighted by Crippen LogP contribution is -2.32. The first kappa shape index (κ1) is 20.8. The highest BCUT2D eigenvalue weighted by Gasteiger charge is 2.34. The predicted octanol–water partition coefficient (Wildman–Crippen LogP) is 6.28. The van der Waals surface area contributed by atoms with E-state index in [1.54, 1.807) is 11.8 Å². The number of thioether (sulfide) groups is 1. The van der Waals surface area contributed by atoms with E-state index < -0.39 is 5.97 Å². The maximum atomic E-state index is 12.8. The Balaban J connectivity index is 1.77. The molecule has 1 heterocycles. The minimum Gasteiger partial charge on any atom is -0.511 e. The van der Waals surface area contributed by atoms with Crippen molar-refractivity contribution in [3.63, 3.8) is 0 Å². The van der Waals surface area contributed by atoms with Gasteiger partial charge in [0, 0.05) is 23.0 Å². The molecule has 2 unspecified atom stereocenters. The number of cyclic esters (lactones) is 1. The maximum Gasteiger partial charge on any atom is 0.342 e. The van der Waals surface area contributed by atoms with Gasteiger partial charge in [-0.2, -0.15) is 0 Å². The Labute approximate surface area is 175 Å². The molecular weight excluding hydrogens is 392 g/mol. The average Bonchev–Trinajstić information content (AvgIpc) is 2.62. The van der Waals surface area contributed by atoms with E-state index in [2.05, 4.69) is 0 Å². The van der Waals surface area contributed by atoms with Crippen LogP contribution in [0.1, 0.15) is 35.6 Å². The van der Waals surface area contributed by atoms with Crippen molar-refractivity contribution in [2.45, 2.75) is 45.1 Å². The van der Waals surface area contributed by atoms with E-state index in [-0.39, 0.29) is 17.8 Å². The van der Waals surface area contributed by atoms with Crippen LogP contribution in [0.25, 0.3) is 5.57 Å². The third-order valence-electron chi connectivity index (χ3n) is 5.05. The number of carbonyl (C=O) groups excluding carboxylic acids is 1. The average molecular weight is 417 g/mol. The molecule has 3 rings (SSSR count). The fourth-order valence-corrected chi connectivity index (χ4v) is 5.01. The predicted molar refractivity (Wildman–Crippen MR) is 116 cm³/mol. The van der Waals surface area contributed by atoms with Gasteiger partial charge in [0.1, 0.15) is 17.4 Å². The molecule has 0 fully saturated rings. The summed E-state index contributed by atoms with van der Waals surface area (Å²) in [7, 11) is 0. The highest BCUT2D eigenvalue weighted by Crippen LogP contribution is 2.36. The van der Waals surface area contributed by atoms with Crippen molar-refractivity contribution in [2.75, 3.05) is 5.75 Å². The number of hydrogen-bond acceptors (Lipinski definition) is 4. The minimum atomic E-state index is -0.446. The van der Waals surface area contributed by atoms with Crippen LogP contribution in [-0.2, 0) is 9.53 Å². The summed E-state index contributed by atoms with van der Waals surface area (Å²) in [4.78, 5) is 13.8. The lowest BCUT2D eigenvalue weighted by molar-refractivity contribution is -0.145. The Morgan fingerprint density at radius 1 is 1.21 bits per heavy atom. The van der Waals surface area contributed by atoms with Crippen LogP contribution < -0.4 is 0 Å². The lowest BCUT2D eigenvalue weighted by Gasteiger charge is -2.29. The van der Waals surface area contributed by atoms with Gasteiger partial charge in [-0.15, -0.1) is 11.8 Å². The first-order valence-electron chi connectivity index (χ1n) is 9.36. The van der Waals surface area contributed by atoms with Crippen LogP contribution in [-0.4, -0.2) is 22.9 Å². The van der Waals surface area contributed by atoms with E-state index in [1.807, 2.05) is 64.1 Å². The number of benzene rings is 2. The molecule has 3 nitrogen and oxygen atoms in total. The molecule has 2 aromatic rings. The standard InChI is InChI=1S/C23H25ClO3S/c1-13-9-14(2)21(15(3)10-13)22-18(25)11-19(27-23(22)26)16(4)12-28-20-8-6-5-7-17(20)24/h5-10,16,19,25H,11-12H2,1-4H3. The highest BCUT2D eigenvalue weighted by molar-refractivity contribution is 7.99. The van der Waals surface area contributed by atoms with Crippen molar-refractivity contribution >= 4 is 34.9 Å². The van der Waals surface area contributed by atoms with Crippen LogP contribution in [0.15, 0.2) is 47.1 Å². The SMILES string of the molecule is Cc1cc(C)c(C2=C(O)CC(C(C)CSc3ccccc3Cl)OC2=O)c(C)c1. The Bertz CT molecular complexity index is 912. The number of esters is 1. The number of carbonyl (C=O) groups is 1. The molecule has 0 saturated heterocycles. The lowest BCUT2D eigenvalue weighted by atomic mass is 9.89. The van der Waals surface area contributed by atoms with Crippen molar-refractivity contribution in [1.82, 2.24) is 0 Å². The molecule has 0 bridgehead atoms. The van der Waals surface area contributed by atoms with Crippen molar-refractivity contribution < 1.29 is 14.6 Å². The highest BCUT2D eigenvalue weighted by atomic mass is 35.5. The zero-order chi connectivity index (χ0) is 20.4. The summed E-state index contributed by atoms with van der Waals surface area (Å²) in [5.74, 6) is 0.491. The topological polar surface area (TPSA) is 46.5 Å². The van der Waals surface area contributed by atoms with Crippen molar-refractivity contribution in [2.24, 2.45) is 5.92 Å². The van der Waals surface area contributed by atoms with Crippen LogP contribution >= 0.6 is 23.4 Å². The molecular formula is C23H25ClO3S. The fourth-order valence-electron chi connectivity index (χ4n) is 3.68. The number of rotatable bonds is 5. The summed E-state index contributed by atoms with van der Waals surface area (Å²) in [5, 5.41) is 11.4. The van der Waals surface area contributed by atoms with Crippen molar-refractivity contribution in [3.05, 3.63) is 69.4 Å². The van der Waals surface area contributed by atoms with Gasteiger partial charge in [0.2, 0.25) is 0 Å². The van der Waals surface area contributed by atoms with Gasteiger partial charge in [-0.25, -0.2) is 4.79 Å². The Hall–Kier alpha value is -1.91. The molecule has 0 radical (unpaired) electrons. The summed E-state index contributed by atoms with van der Waals surface area (Å²) in [6, 6.07) is 11.7. The quantitative estimate of drug-likeness (QED) is 0.460. The number of aryl methyl sites for hydroxylation is 3. The van der Waals surface area contributed by atoms with E-state index >= 15 is 0 Å². The van der Waals surface area contributed by atoms with Gasteiger partial charge >= 0.3 is 5.97 Å². The molecule has 148 valence electrons. The largest absolute Gasteiger partial charge is 0.511 e. The second kappa shape index (κ2) is 8.62. The first-order chi connectivity index (χ1) is 13.3. The molecule has 5 heteroatoms. The van der Waals surface area contributed by atoms with Gasteiger partial charge in [0.25, 0.3) is 0 Å². The monoisotopic (exact) mass is 416 g/mol. The number of halogens is 1. The van der Waals surface area contributed by atoms with Crippen LogP contribution in [0.2, 0.25) is 5.02 Å². The number of ether oxygens (including phenoxy) is 1. The molecule has 0 spiro atoms. The van der Waals surface area contributed by atoms with Crippen LogP contribution in [0.4, 0.5) is 0 Å². The molecule has 1 aliphatic rings. The molecule has 0 amide bonds. The smallest absolute Gasteiger partial charge is 0.342 e. The fraction of sp³-hybridized carbons (Fsp3) is 0.348. The molecule has 28 heavy (non-hydrogen) atoms. The van der Waals surface area contributed by atoms with Gasteiger partial charge in [0.05, 0.1) is 5.02 Å². The summed E-state index contributed by atoms with van der Waals surface area (Å²) >= 11 is 7.85. The van der Waals surface area contributed by atoms with Crippen molar-refractivity contribution in [3.8, 4) is 0 Å². The second-order valence-corrected chi connectivity index (χ2v) is 8.93. The van der Waals surface area contributed by atoms with Crippen LogP contribution in [0.3, 0.4) is 0 Å². The molecule has 0 aliphatic carbocycles. The van der Waals surface area contributed by atoms with Crippen LogP contribution in [0, 0.1) is 26.7 Å². The zero-order valence-electron chi connectivity index (χ0n) is 16.6. The van der Waals surface area contributed by atoms with Crippen LogP contribution in [0.5, 0.6) is 0 Å². The van der Waals surface area contributed by atoms with Gasteiger partial charge in [-0.05, 0) is 49.6 Å². The summed E-state index contributed by atoms with van der Waals surface area (Å²) in [5.41, 5.74) is 4.15. The van der Waals surface area contributed by atoms with Gasteiger partial charge in [0.15, 0.2) is 0 Å². The molecule has 2 aromatic carbocycles. The Kier molecular flexibility index (Phi) is 6.41. The summed E-state index contributed by atoms with van der Waals surface area (Å²) in [6.07, 6.45) is -0.0183. The van der Waals surface area contributed by atoms with E-state index in [1.165, 1.54) is 0 Å². The third-order valence-corrected chi connectivity index (χ3v) is 6.85. The Morgan fingerprint density at radius 2 is 1.86 bits per heavy atom. The normalized spacial score (nSPS) is 18.2. The maximum absolute atomic E-state index is 12.8. The third kappa shape index (κ3) is 4.39. The minimum absolute atomic E-state index is 0.0779. The zero-order valence-corrected chi connectivity index (χ0v) is 18.2. The van der Waals surface area contributed by atoms with Gasteiger partial charge in [-0.3, -0.25) is 0 Å². The summed E-state index contributed by atoms with van der Waals surface area (Å²) in [6.45, 7) is 7.96. The Morgan fingerprint density at radius 3 is 2.46 bits per heavy atom. The first-order valence-corrected chi connectivity index (χ1v) is 10.7. The number of aliphatic hydroxyl groups is 1. The number of hydrogen-bond donors (Lipinski definition) is 1. The molecule has 0 aromatic heterocycles. The van der Waals surface area contributed by atoms with E-state index in [0.29, 0.717) is 12.0 Å². The van der Waals surface area contributed by atoms with Crippen molar-refractivity contribution in [1.29, 1.82) is 0 Å².